The van der Waals surface area contributed by atoms with Crippen molar-refractivity contribution >= 4 is 21.4 Å². The smallest absolute Gasteiger partial charge is 0.0779 e. The summed E-state index contributed by atoms with van der Waals surface area (Å²) in [6, 6.07) is 8.60. The molecule has 1 saturated heterocycles. The molecule has 0 aliphatic carbocycles. The minimum absolute atomic E-state index is 0.0474. The quantitative estimate of drug-likeness (QED) is 0.908. The van der Waals surface area contributed by atoms with Crippen LogP contribution < -0.4 is 5.32 Å². The first-order valence-electron chi connectivity index (χ1n) is 6.57. The Balaban J connectivity index is 1.63. The highest BCUT2D eigenvalue weighted by Crippen LogP contribution is 2.26. The number of ether oxygens (including phenoxy) is 1. The Bertz CT molecular complexity index is 528. The van der Waals surface area contributed by atoms with Gasteiger partial charge in [0, 0.05) is 24.4 Å². The van der Waals surface area contributed by atoms with Crippen LogP contribution in [0, 0.1) is 0 Å². The molecule has 1 aromatic heterocycles. The van der Waals surface area contributed by atoms with Gasteiger partial charge in [0.15, 0.2) is 0 Å². The number of hydrogen-bond acceptors (Lipinski definition) is 3. The van der Waals surface area contributed by atoms with Gasteiger partial charge in [-0.05, 0) is 42.2 Å². The predicted octanol–water partition coefficient (Wildman–Crippen LogP) is 3.56. The van der Waals surface area contributed by atoms with Gasteiger partial charge in [-0.2, -0.15) is 0 Å². The highest BCUT2D eigenvalue weighted by atomic mass is 32.1. The van der Waals surface area contributed by atoms with Gasteiger partial charge in [0.05, 0.1) is 5.60 Å². The van der Waals surface area contributed by atoms with Crippen LogP contribution in [0.1, 0.15) is 25.3 Å². The van der Waals surface area contributed by atoms with Crippen molar-refractivity contribution in [1.29, 1.82) is 0 Å². The summed E-state index contributed by atoms with van der Waals surface area (Å²) in [7, 11) is 0. The highest BCUT2D eigenvalue weighted by molar-refractivity contribution is 7.17. The largest absolute Gasteiger partial charge is 0.374 e. The summed E-state index contributed by atoms with van der Waals surface area (Å²) < 4.78 is 7.16. The van der Waals surface area contributed by atoms with Gasteiger partial charge < -0.3 is 10.1 Å². The van der Waals surface area contributed by atoms with Crippen molar-refractivity contribution < 1.29 is 4.74 Å². The monoisotopic (exact) mass is 261 g/mol. The molecule has 1 atom stereocenters. The van der Waals surface area contributed by atoms with Crippen molar-refractivity contribution in [3.8, 4) is 0 Å². The van der Waals surface area contributed by atoms with Gasteiger partial charge in [-0.25, -0.2) is 0 Å². The Morgan fingerprint density at radius 1 is 1.39 bits per heavy atom. The van der Waals surface area contributed by atoms with Gasteiger partial charge in [-0.1, -0.05) is 18.2 Å². The van der Waals surface area contributed by atoms with Gasteiger partial charge in [-0.15, -0.1) is 11.3 Å². The summed E-state index contributed by atoms with van der Waals surface area (Å²) in [4.78, 5) is 0. The Kier molecular flexibility index (Phi) is 3.37. The van der Waals surface area contributed by atoms with E-state index in [9.17, 15) is 0 Å². The molecule has 0 radical (unpaired) electrons. The van der Waals surface area contributed by atoms with E-state index in [0.717, 1.165) is 19.7 Å². The molecular formula is C15H19NOS. The van der Waals surface area contributed by atoms with Crippen molar-refractivity contribution in [3.63, 3.8) is 0 Å². The maximum absolute atomic E-state index is 5.79. The van der Waals surface area contributed by atoms with E-state index in [0.29, 0.717) is 0 Å². The summed E-state index contributed by atoms with van der Waals surface area (Å²) in [5, 5.41) is 7.19. The fraction of sp³-hybridized carbons (Fsp3) is 0.467. The van der Waals surface area contributed by atoms with E-state index in [1.165, 1.54) is 28.5 Å². The predicted molar refractivity (Wildman–Crippen MR) is 77.1 cm³/mol. The van der Waals surface area contributed by atoms with E-state index >= 15 is 0 Å². The van der Waals surface area contributed by atoms with Gasteiger partial charge in [0.2, 0.25) is 0 Å². The van der Waals surface area contributed by atoms with Crippen LogP contribution in [0.4, 0.5) is 0 Å². The molecule has 1 unspecified atom stereocenters. The Morgan fingerprint density at radius 2 is 2.28 bits per heavy atom. The second-order valence-electron chi connectivity index (χ2n) is 5.26. The molecule has 1 aliphatic heterocycles. The molecule has 18 heavy (non-hydrogen) atoms. The fourth-order valence-electron chi connectivity index (χ4n) is 2.61. The molecule has 0 saturated carbocycles. The van der Waals surface area contributed by atoms with E-state index in [1.54, 1.807) is 0 Å². The third-order valence-electron chi connectivity index (χ3n) is 3.68. The van der Waals surface area contributed by atoms with Crippen LogP contribution in [-0.2, 0) is 11.3 Å². The average molecular weight is 261 g/mol. The molecule has 96 valence electrons. The summed E-state index contributed by atoms with van der Waals surface area (Å²) in [5.74, 6) is 0. The lowest BCUT2D eigenvalue weighted by Gasteiger charge is -2.23. The van der Waals surface area contributed by atoms with Crippen molar-refractivity contribution in [1.82, 2.24) is 5.32 Å². The zero-order chi connectivity index (χ0) is 12.4. The number of thiophene rings is 1. The molecule has 2 nitrogen and oxygen atoms in total. The molecule has 0 bridgehead atoms. The summed E-state index contributed by atoms with van der Waals surface area (Å²) >= 11 is 1.82. The third-order valence-corrected chi connectivity index (χ3v) is 4.69. The third kappa shape index (κ3) is 2.44. The zero-order valence-electron chi connectivity index (χ0n) is 10.7. The number of benzene rings is 1. The van der Waals surface area contributed by atoms with Crippen LogP contribution >= 0.6 is 11.3 Å². The normalized spacial score (nSPS) is 23.8. The Labute approximate surface area is 112 Å². The molecule has 1 aliphatic rings. The van der Waals surface area contributed by atoms with Crippen LogP contribution in [0.2, 0.25) is 0 Å². The molecule has 2 heterocycles. The molecule has 3 heteroatoms. The van der Waals surface area contributed by atoms with Crippen LogP contribution in [0.3, 0.4) is 0 Å². The van der Waals surface area contributed by atoms with Gasteiger partial charge >= 0.3 is 0 Å². The molecule has 0 spiro atoms. The van der Waals surface area contributed by atoms with E-state index in [4.69, 9.17) is 4.74 Å². The van der Waals surface area contributed by atoms with Crippen LogP contribution in [0.25, 0.3) is 10.1 Å². The van der Waals surface area contributed by atoms with Crippen molar-refractivity contribution in [2.24, 2.45) is 0 Å². The SMILES string of the molecule is CC1(CNCc2csc3ccccc23)CCCO1. The lowest BCUT2D eigenvalue weighted by atomic mass is 10.0. The van der Waals surface area contributed by atoms with Crippen LogP contribution in [0.5, 0.6) is 0 Å². The first-order chi connectivity index (χ1) is 8.77. The first-order valence-corrected chi connectivity index (χ1v) is 7.45. The van der Waals surface area contributed by atoms with Crippen molar-refractivity contribution in [3.05, 3.63) is 35.2 Å². The fourth-order valence-corrected chi connectivity index (χ4v) is 3.57. The number of hydrogen-bond donors (Lipinski definition) is 1. The molecule has 3 rings (SSSR count). The molecule has 1 N–H and O–H groups in total. The van der Waals surface area contributed by atoms with Gasteiger partial charge in [-0.3, -0.25) is 0 Å². The maximum atomic E-state index is 5.79. The van der Waals surface area contributed by atoms with E-state index in [1.807, 2.05) is 11.3 Å². The van der Waals surface area contributed by atoms with Crippen LogP contribution in [-0.4, -0.2) is 18.8 Å². The summed E-state index contributed by atoms with van der Waals surface area (Å²) in [6.07, 6.45) is 2.37. The second kappa shape index (κ2) is 5.00. The van der Waals surface area contributed by atoms with E-state index < -0.39 is 0 Å². The lowest BCUT2D eigenvalue weighted by Crippen LogP contribution is -2.36. The lowest BCUT2D eigenvalue weighted by molar-refractivity contribution is 0.0207. The Hall–Kier alpha value is -0.900. The number of fused-ring (bicyclic) bond motifs is 1. The molecule has 2 aromatic rings. The minimum atomic E-state index is 0.0474. The standard InChI is InChI=1S/C15H19NOS/c1-15(7-4-8-17-15)11-16-9-12-10-18-14-6-3-2-5-13(12)14/h2-3,5-6,10,16H,4,7-9,11H2,1H3. The van der Waals surface area contributed by atoms with E-state index in [-0.39, 0.29) is 5.60 Å². The summed E-state index contributed by atoms with van der Waals surface area (Å²) in [6.45, 7) is 5.00. The summed E-state index contributed by atoms with van der Waals surface area (Å²) in [5.41, 5.74) is 1.45. The first kappa shape index (κ1) is 12.2. The van der Waals surface area contributed by atoms with Crippen LogP contribution in [0.15, 0.2) is 29.6 Å². The topological polar surface area (TPSA) is 21.3 Å². The number of nitrogens with one attached hydrogen (secondary N) is 1. The maximum Gasteiger partial charge on any atom is 0.0779 e. The van der Waals surface area contributed by atoms with Gasteiger partial charge in [0.25, 0.3) is 0 Å². The minimum Gasteiger partial charge on any atom is -0.374 e. The van der Waals surface area contributed by atoms with E-state index in [2.05, 4.69) is 41.9 Å². The second-order valence-corrected chi connectivity index (χ2v) is 6.17. The highest BCUT2D eigenvalue weighted by Gasteiger charge is 2.28. The number of rotatable bonds is 4. The molecule has 1 aromatic carbocycles. The van der Waals surface area contributed by atoms with Gasteiger partial charge in [0.1, 0.15) is 0 Å². The molecular weight excluding hydrogens is 242 g/mol. The Morgan fingerprint density at radius 3 is 3.11 bits per heavy atom. The van der Waals surface area contributed by atoms with Crippen molar-refractivity contribution in [2.75, 3.05) is 13.2 Å². The van der Waals surface area contributed by atoms with Crippen molar-refractivity contribution in [2.45, 2.75) is 31.9 Å². The molecule has 1 fully saturated rings. The zero-order valence-corrected chi connectivity index (χ0v) is 11.6. The molecule has 0 amide bonds. The average Bonchev–Trinajstić information content (AvgIpc) is 2.97.